The highest BCUT2D eigenvalue weighted by Gasteiger charge is 2.30. The van der Waals surface area contributed by atoms with Crippen LogP contribution in [0, 0.1) is 0 Å². The fourth-order valence-corrected chi connectivity index (χ4v) is 4.74. The molecular weight excluding hydrogens is 596 g/mol. The highest BCUT2D eigenvalue weighted by molar-refractivity contribution is 5.80. The second-order valence-electron chi connectivity index (χ2n) is 11.0. The summed E-state index contributed by atoms with van der Waals surface area (Å²) in [7, 11) is 0. The first kappa shape index (κ1) is 36.1. The molecule has 0 N–H and O–H groups in total. The van der Waals surface area contributed by atoms with Gasteiger partial charge in [-0.2, -0.15) is 0 Å². The van der Waals surface area contributed by atoms with Crippen molar-refractivity contribution in [3.8, 4) is 34.5 Å². The lowest BCUT2D eigenvalue weighted by Gasteiger charge is -2.29. The summed E-state index contributed by atoms with van der Waals surface area (Å²) in [6.07, 6.45) is 3.70. The van der Waals surface area contributed by atoms with E-state index < -0.39 is 36.0 Å². The van der Waals surface area contributed by atoms with Gasteiger partial charge in [-0.3, -0.25) is 24.0 Å². The third-order valence-electron chi connectivity index (χ3n) is 6.87. The second kappa shape index (κ2) is 17.9. The maximum Gasteiger partial charge on any atom is 0.311 e. The van der Waals surface area contributed by atoms with E-state index in [4.69, 9.17) is 28.4 Å². The number of rotatable bonds is 16. The SMILES string of the molecule is CCCC(=O)Oc1cc(OC(=O)CCC)c2c(c1)O[C@H](c1cc(OC(=O)CCC)c(OC(=O)CCC)c(OC(=O)CCC)c1)CC2. The molecule has 11 heteroatoms. The van der Waals surface area contributed by atoms with E-state index >= 15 is 0 Å². The van der Waals surface area contributed by atoms with Crippen LogP contribution in [0.2, 0.25) is 0 Å². The maximum absolute atomic E-state index is 12.6. The van der Waals surface area contributed by atoms with Crippen molar-refractivity contribution in [3.05, 3.63) is 35.4 Å². The summed E-state index contributed by atoms with van der Waals surface area (Å²) in [6.45, 7) is 9.20. The van der Waals surface area contributed by atoms with Crippen LogP contribution in [-0.4, -0.2) is 29.8 Å². The first-order valence-electron chi connectivity index (χ1n) is 16.2. The third-order valence-corrected chi connectivity index (χ3v) is 6.87. The minimum absolute atomic E-state index is 0.0782. The van der Waals surface area contributed by atoms with Crippen LogP contribution in [0.5, 0.6) is 34.5 Å². The summed E-state index contributed by atoms with van der Waals surface area (Å²) in [6, 6.07) is 6.14. The predicted octanol–water partition coefficient (Wildman–Crippen LogP) is 7.28. The van der Waals surface area contributed by atoms with Crippen molar-refractivity contribution in [2.45, 2.75) is 118 Å². The van der Waals surface area contributed by atoms with Gasteiger partial charge in [-0.05, 0) is 57.1 Å². The van der Waals surface area contributed by atoms with Crippen LogP contribution in [-0.2, 0) is 30.4 Å². The van der Waals surface area contributed by atoms with Crippen LogP contribution in [0.1, 0.15) is 122 Å². The quantitative estimate of drug-likeness (QED) is 0.135. The normalized spacial score (nSPS) is 13.5. The van der Waals surface area contributed by atoms with Crippen LogP contribution in [0.15, 0.2) is 24.3 Å². The molecule has 0 amide bonds. The number of benzene rings is 2. The minimum atomic E-state index is -0.652. The van der Waals surface area contributed by atoms with Crippen LogP contribution in [0.3, 0.4) is 0 Å². The lowest BCUT2D eigenvalue weighted by molar-refractivity contribution is -0.138. The van der Waals surface area contributed by atoms with Gasteiger partial charge in [0.2, 0.25) is 5.75 Å². The Hall–Kier alpha value is -4.41. The molecular formula is C35H44O11. The van der Waals surface area contributed by atoms with E-state index in [2.05, 4.69) is 0 Å². The van der Waals surface area contributed by atoms with Gasteiger partial charge in [-0.15, -0.1) is 0 Å². The molecule has 250 valence electrons. The van der Waals surface area contributed by atoms with Crippen LogP contribution in [0.4, 0.5) is 0 Å². The van der Waals surface area contributed by atoms with Crippen LogP contribution >= 0.6 is 0 Å². The van der Waals surface area contributed by atoms with Gasteiger partial charge in [0.05, 0.1) is 0 Å². The topological polar surface area (TPSA) is 141 Å². The molecule has 1 aliphatic heterocycles. The van der Waals surface area contributed by atoms with Crippen LogP contribution < -0.4 is 28.4 Å². The Balaban J connectivity index is 2.09. The number of ether oxygens (including phenoxy) is 6. The number of esters is 5. The molecule has 2 aromatic carbocycles. The summed E-state index contributed by atoms with van der Waals surface area (Å²) >= 11 is 0. The molecule has 2 aromatic rings. The number of fused-ring (bicyclic) bond motifs is 1. The molecule has 0 unspecified atom stereocenters. The molecule has 0 aromatic heterocycles. The van der Waals surface area contributed by atoms with E-state index in [9.17, 15) is 24.0 Å². The molecule has 0 radical (unpaired) electrons. The maximum atomic E-state index is 12.6. The molecule has 11 nitrogen and oxygen atoms in total. The van der Waals surface area contributed by atoms with Gasteiger partial charge >= 0.3 is 29.8 Å². The molecule has 0 bridgehead atoms. The summed E-state index contributed by atoms with van der Waals surface area (Å²) in [4.78, 5) is 62.5. The lowest BCUT2D eigenvalue weighted by Crippen LogP contribution is -2.19. The molecule has 1 heterocycles. The predicted molar refractivity (Wildman–Crippen MR) is 167 cm³/mol. The fraction of sp³-hybridized carbons (Fsp3) is 0.514. The largest absolute Gasteiger partial charge is 0.485 e. The second-order valence-corrected chi connectivity index (χ2v) is 11.0. The molecule has 0 aliphatic carbocycles. The Bertz CT molecular complexity index is 1370. The first-order valence-corrected chi connectivity index (χ1v) is 16.2. The van der Waals surface area contributed by atoms with Gasteiger partial charge in [-0.1, -0.05) is 34.6 Å². The molecule has 0 saturated heterocycles. The van der Waals surface area contributed by atoms with Gasteiger partial charge in [0.25, 0.3) is 0 Å². The van der Waals surface area contributed by atoms with E-state index in [1.807, 2.05) is 34.6 Å². The Kier molecular flexibility index (Phi) is 14.0. The Labute approximate surface area is 269 Å². The summed E-state index contributed by atoms with van der Waals surface area (Å²) in [5, 5.41) is 0. The zero-order chi connectivity index (χ0) is 33.6. The van der Waals surface area contributed by atoms with Crippen LogP contribution in [0.25, 0.3) is 0 Å². The highest BCUT2D eigenvalue weighted by Crippen LogP contribution is 2.46. The molecule has 0 spiro atoms. The third kappa shape index (κ3) is 10.3. The van der Waals surface area contributed by atoms with Crippen molar-refractivity contribution in [1.82, 2.24) is 0 Å². The van der Waals surface area contributed by atoms with E-state index in [1.54, 1.807) is 6.07 Å². The zero-order valence-electron chi connectivity index (χ0n) is 27.4. The lowest BCUT2D eigenvalue weighted by atomic mass is 9.96. The number of hydrogen-bond acceptors (Lipinski definition) is 11. The first-order chi connectivity index (χ1) is 22.1. The number of hydrogen-bond donors (Lipinski definition) is 0. The number of carbonyl (C=O) groups excluding carboxylic acids is 5. The van der Waals surface area contributed by atoms with E-state index in [1.165, 1.54) is 18.2 Å². The zero-order valence-corrected chi connectivity index (χ0v) is 27.4. The Morgan fingerprint density at radius 1 is 0.587 bits per heavy atom. The standard InChI is InChI=1S/C35H44O11/c1-6-11-30(36)41-23-20-26-24(27(21-23)43-31(37)12-7-2)16-17-25(42-26)22-18-28(44-32(38)13-8-3)35(46-34(40)15-10-5)29(19-22)45-33(39)14-9-4/h18-21,25H,6-17H2,1-5H3/t25-/m0/s1. The average Bonchev–Trinajstić information content (AvgIpc) is 2.99. The van der Waals surface area contributed by atoms with Gasteiger partial charge in [-0.25, -0.2) is 0 Å². The summed E-state index contributed by atoms with van der Waals surface area (Å²) < 4.78 is 34.4. The molecule has 0 fully saturated rings. The Morgan fingerprint density at radius 3 is 1.50 bits per heavy atom. The smallest absolute Gasteiger partial charge is 0.311 e. The molecule has 3 rings (SSSR count). The average molecular weight is 641 g/mol. The van der Waals surface area contributed by atoms with Crippen molar-refractivity contribution >= 4 is 29.8 Å². The summed E-state index contributed by atoms with van der Waals surface area (Å²) in [5.41, 5.74) is 1.11. The fourth-order valence-electron chi connectivity index (χ4n) is 4.74. The summed E-state index contributed by atoms with van der Waals surface area (Å²) in [5.74, 6) is -2.11. The highest BCUT2D eigenvalue weighted by atomic mass is 16.6. The van der Waals surface area contributed by atoms with Crippen molar-refractivity contribution in [1.29, 1.82) is 0 Å². The van der Waals surface area contributed by atoms with Gasteiger partial charge in [0.1, 0.15) is 23.4 Å². The van der Waals surface area contributed by atoms with Gasteiger partial charge in [0, 0.05) is 55.4 Å². The minimum Gasteiger partial charge on any atom is -0.485 e. The van der Waals surface area contributed by atoms with Crippen molar-refractivity contribution < 1.29 is 52.4 Å². The van der Waals surface area contributed by atoms with E-state index in [-0.39, 0.29) is 60.9 Å². The van der Waals surface area contributed by atoms with E-state index in [0.717, 1.165) is 0 Å². The Morgan fingerprint density at radius 2 is 1.02 bits per heavy atom. The van der Waals surface area contributed by atoms with E-state index in [0.29, 0.717) is 61.8 Å². The van der Waals surface area contributed by atoms with Gasteiger partial charge in [0.15, 0.2) is 11.5 Å². The molecule has 1 aliphatic rings. The molecule has 1 atom stereocenters. The van der Waals surface area contributed by atoms with Gasteiger partial charge < -0.3 is 28.4 Å². The monoisotopic (exact) mass is 640 g/mol. The van der Waals surface area contributed by atoms with Crippen molar-refractivity contribution in [3.63, 3.8) is 0 Å². The van der Waals surface area contributed by atoms with Crippen molar-refractivity contribution in [2.24, 2.45) is 0 Å². The van der Waals surface area contributed by atoms with Crippen molar-refractivity contribution in [2.75, 3.05) is 0 Å². The number of carbonyl (C=O) groups is 5. The molecule has 46 heavy (non-hydrogen) atoms. The molecule has 0 saturated carbocycles.